The lowest BCUT2D eigenvalue weighted by Crippen LogP contribution is -2.64. The Hall–Kier alpha value is -0.660. The number of nitrogens with one attached hydrogen (secondary N) is 1. The average molecular weight is 360 g/mol. The van der Waals surface area contributed by atoms with Crippen molar-refractivity contribution in [1.82, 2.24) is 5.32 Å². The molecule has 1 aromatic carbocycles. The number of carbonyl (C=O) groups excluding carboxylic acids is 1. The summed E-state index contributed by atoms with van der Waals surface area (Å²) in [5.41, 5.74) is 6.56. The molecule has 1 fully saturated rings. The summed E-state index contributed by atoms with van der Waals surface area (Å²) in [5.74, 6) is -0.0868. The number of halogens is 1. The van der Waals surface area contributed by atoms with Gasteiger partial charge in [0, 0.05) is 21.8 Å². The summed E-state index contributed by atoms with van der Waals surface area (Å²) in [6.07, 6.45) is 0.865. The van der Waals surface area contributed by atoms with E-state index in [4.69, 9.17) is 10.5 Å². The molecule has 0 radical (unpaired) electrons. The molecule has 0 aliphatic heterocycles. The molecule has 5 heteroatoms. The van der Waals surface area contributed by atoms with Crippen LogP contribution in [0.5, 0.6) is 0 Å². The van der Waals surface area contributed by atoms with Crippen molar-refractivity contribution in [2.75, 3.05) is 6.61 Å². The van der Waals surface area contributed by atoms with E-state index in [1.807, 2.05) is 31.2 Å². The highest BCUT2D eigenvalue weighted by molar-refractivity contribution is 14.1. The maximum Gasteiger partial charge on any atom is 0.251 e. The van der Waals surface area contributed by atoms with Gasteiger partial charge in [-0.3, -0.25) is 4.79 Å². The number of benzene rings is 1. The van der Waals surface area contributed by atoms with E-state index in [0.717, 1.165) is 9.99 Å². The third kappa shape index (κ3) is 3.02. The summed E-state index contributed by atoms with van der Waals surface area (Å²) in [6, 6.07) is 7.38. The van der Waals surface area contributed by atoms with Gasteiger partial charge >= 0.3 is 0 Å². The Balaban J connectivity index is 1.96. The van der Waals surface area contributed by atoms with Gasteiger partial charge in [0.1, 0.15) is 0 Å². The van der Waals surface area contributed by atoms with E-state index in [1.165, 1.54) is 0 Å². The fourth-order valence-corrected chi connectivity index (χ4v) is 2.42. The van der Waals surface area contributed by atoms with Crippen molar-refractivity contribution in [3.05, 3.63) is 33.4 Å². The molecule has 0 aromatic heterocycles. The van der Waals surface area contributed by atoms with Crippen molar-refractivity contribution in [1.29, 1.82) is 0 Å². The summed E-state index contributed by atoms with van der Waals surface area (Å²) < 4.78 is 6.63. The number of hydrogen-bond donors (Lipinski definition) is 2. The Morgan fingerprint density at radius 3 is 2.72 bits per heavy atom. The second-order valence-electron chi connectivity index (χ2n) is 4.40. The van der Waals surface area contributed by atoms with Crippen molar-refractivity contribution in [2.45, 2.75) is 31.5 Å². The predicted molar refractivity (Wildman–Crippen MR) is 78.4 cm³/mol. The van der Waals surface area contributed by atoms with Crippen LogP contribution in [0, 0.1) is 3.57 Å². The second kappa shape index (κ2) is 5.99. The molecule has 3 N–H and O–H groups in total. The van der Waals surface area contributed by atoms with Crippen LogP contribution in [-0.4, -0.2) is 30.7 Å². The average Bonchev–Trinajstić information content (AvgIpc) is 2.36. The summed E-state index contributed by atoms with van der Waals surface area (Å²) in [4.78, 5) is 12.0. The molecule has 0 saturated heterocycles. The summed E-state index contributed by atoms with van der Waals surface area (Å²) >= 11 is 2.21. The zero-order valence-electron chi connectivity index (χ0n) is 10.2. The summed E-state index contributed by atoms with van der Waals surface area (Å²) in [7, 11) is 0. The Bertz CT molecular complexity index is 420. The molecule has 2 rings (SSSR count). The number of nitrogens with two attached hydrogens (primary N) is 1. The lowest BCUT2D eigenvalue weighted by Gasteiger charge is -2.42. The van der Waals surface area contributed by atoms with E-state index in [-0.39, 0.29) is 24.1 Å². The van der Waals surface area contributed by atoms with Crippen LogP contribution in [0.4, 0.5) is 0 Å². The minimum atomic E-state index is -0.0868. The van der Waals surface area contributed by atoms with E-state index in [2.05, 4.69) is 27.9 Å². The molecular formula is C13H17IN2O2. The van der Waals surface area contributed by atoms with Gasteiger partial charge in [-0.2, -0.15) is 0 Å². The normalized spacial score (nSPS) is 26.5. The van der Waals surface area contributed by atoms with Crippen molar-refractivity contribution in [3.63, 3.8) is 0 Å². The van der Waals surface area contributed by atoms with Crippen LogP contribution in [0.15, 0.2) is 24.3 Å². The molecule has 18 heavy (non-hydrogen) atoms. The fraction of sp³-hybridized carbons (Fsp3) is 0.462. The Kier molecular flexibility index (Phi) is 4.58. The van der Waals surface area contributed by atoms with Gasteiger partial charge in [0.25, 0.3) is 5.91 Å². The van der Waals surface area contributed by atoms with E-state index in [9.17, 15) is 4.79 Å². The fourth-order valence-electron chi connectivity index (χ4n) is 2.06. The van der Waals surface area contributed by atoms with Crippen molar-refractivity contribution < 1.29 is 9.53 Å². The number of ether oxygens (including phenoxy) is 1. The summed E-state index contributed by atoms with van der Waals surface area (Å²) in [5, 5.41) is 2.95. The number of carbonyl (C=O) groups is 1. The highest BCUT2D eigenvalue weighted by Crippen LogP contribution is 2.23. The van der Waals surface area contributed by atoms with Crippen molar-refractivity contribution in [2.24, 2.45) is 5.73 Å². The standard InChI is InChI=1S/C13H17IN2O2/c1-2-18-11-7-10(15)12(11)16-13(17)8-3-5-9(14)6-4-8/h3-6,10-12H,2,7,15H2,1H3,(H,16,17). The van der Waals surface area contributed by atoms with Crippen LogP contribution >= 0.6 is 22.6 Å². The van der Waals surface area contributed by atoms with Crippen LogP contribution in [0.25, 0.3) is 0 Å². The lowest BCUT2D eigenvalue weighted by atomic mass is 9.83. The van der Waals surface area contributed by atoms with Crippen LogP contribution < -0.4 is 11.1 Å². The first-order chi connectivity index (χ1) is 8.61. The highest BCUT2D eigenvalue weighted by Gasteiger charge is 2.40. The molecule has 1 aliphatic rings. The first-order valence-corrected chi connectivity index (χ1v) is 7.13. The smallest absolute Gasteiger partial charge is 0.251 e. The molecule has 3 unspecified atom stereocenters. The molecule has 98 valence electrons. The second-order valence-corrected chi connectivity index (χ2v) is 5.65. The molecule has 4 nitrogen and oxygen atoms in total. The van der Waals surface area contributed by atoms with Crippen LogP contribution in [-0.2, 0) is 4.74 Å². The monoisotopic (exact) mass is 360 g/mol. The highest BCUT2D eigenvalue weighted by atomic mass is 127. The molecular weight excluding hydrogens is 343 g/mol. The van der Waals surface area contributed by atoms with Crippen LogP contribution in [0.2, 0.25) is 0 Å². The third-order valence-electron chi connectivity index (χ3n) is 3.15. The SMILES string of the molecule is CCOC1CC(N)C1NC(=O)c1ccc(I)cc1. The maximum absolute atomic E-state index is 12.0. The number of rotatable bonds is 4. The number of hydrogen-bond acceptors (Lipinski definition) is 3. The Morgan fingerprint density at radius 2 is 2.17 bits per heavy atom. The van der Waals surface area contributed by atoms with Gasteiger partial charge in [-0.05, 0) is 60.2 Å². The Labute approximate surface area is 120 Å². The topological polar surface area (TPSA) is 64.3 Å². The van der Waals surface area contributed by atoms with E-state index >= 15 is 0 Å². The summed E-state index contributed by atoms with van der Waals surface area (Å²) in [6.45, 7) is 2.59. The molecule has 1 aliphatic carbocycles. The van der Waals surface area contributed by atoms with Crippen molar-refractivity contribution in [3.8, 4) is 0 Å². The zero-order valence-corrected chi connectivity index (χ0v) is 12.4. The van der Waals surface area contributed by atoms with E-state index < -0.39 is 0 Å². The third-order valence-corrected chi connectivity index (χ3v) is 3.87. The van der Waals surface area contributed by atoms with E-state index in [1.54, 1.807) is 0 Å². The molecule has 3 atom stereocenters. The maximum atomic E-state index is 12.0. The van der Waals surface area contributed by atoms with Gasteiger partial charge in [-0.15, -0.1) is 0 Å². The molecule has 1 aromatic rings. The Morgan fingerprint density at radius 1 is 1.50 bits per heavy atom. The largest absolute Gasteiger partial charge is 0.376 e. The minimum Gasteiger partial charge on any atom is -0.376 e. The minimum absolute atomic E-state index is 0.00523. The zero-order chi connectivity index (χ0) is 13.1. The first-order valence-electron chi connectivity index (χ1n) is 6.05. The van der Waals surface area contributed by atoms with Crippen molar-refractivity contribution >= 4 is 28.5 Å². The van der Waals surface area contributed by atoms with Gasteiger partial charge in [0.2, 0.25) is 0 Å². The van der Waals surface area contributed by atoms with Gasteiger partial charge in [-0.25, -0.2) is 0 Å². The van der Waals surface area contributed by atoms with Gasteiger partial charge in [0.05, 0.1) is 12.1 Å². The molecule has 1 amide bonds. The van der Waals surface area contributed by atoms with E-state index in [0.29, 0.717) is 12.2 Å². The van der Waals surface area contributed by atoms with Crippen LogP contribution in [0.3, 0.4) is 0 Å². The van der Waals surface area contributed by atoms with Gasteiger partial charge < -0.3 is 15.8 Å². The number of amides is 1. The molecule has 0 spiro atoms. The molecule has 0 heterocycles. The predicted octanol–water partition coefficient (Wildman–Crippen LogP) is 1.53. The van der Waals surface area contributed by atoms with Gasteiger partial charge in [0.15, 0.2) is 0 Å². The lowest BCUT2D eigenvalue weighted by molar-refractivity contribution is -0.0300. The quantitative estimate of drug-likeness (QED) is 0.801. The van der Waals surface area contributed by atoms with Gasteiger partial charge in [-0.1, -0.05) is 0 Å². The van der Waals surface area contributed by atoms with Crippen LogP contribution in [0.1, 0.15) is 23.7 Å². The molecule has 1 saturated carbocycles. The first kappa shape index (κ1) is 13.8. The molecule has 0 bridgehead atoms.